The summed E-state index contributed by atoms with van der Waals surface area (Å²) < 4.78 is 11.9. The van der Waals surface area contributed by atoms with Gasteiger partial charge in [-0.25, -0.2) is 0 Å². The molecule has 3 saturated heterocycles. The Morgan fingerprint density at radius 2 is 2.17 bits per heavy atom. The predicted molar refractivity (Wildman–Crippen MR) is 107 cm³/mol. The molecule has 7 heteroatoms. The number of Topliss-reactive ketones (excluding diaryl/α,β-unsaturated/α-hetero) is 1. The minimum atomic E-state index is -0.928. The first-order valence-electron chi connectivity index (χ1n) is 10.9. The summed E-state index contributed by atoms with van der Waals surface area (Å²) in [6.45, 7) is 6.66. The number of nitrogens with zero attached hydrogens (tertiary/aromatic N) is 1. The van der Waals surface area contributed by atoms with Crippen molar-refractivity contribution in [2.75, 3.05) is 6.54 Å². The number of hydrogen-bond acceptors (Lipinski definition) is 5. The lowest BCUT2D eigenvalue weighted by Gasteiger charge is -2.43. The van der Waals surface area contributed by atoms with Crippen molar-refractivity contribution in [3.8, 4) is 0 Å². The Morgan fingerprint density at radius 1 is 1.37 bits per heavy atom. The van der Waals surface area contributed by atoms with Gasteiger partial charge in [0.1, 0.15) is 17.1 Å². The molecule has 2 amide bonds. The van der Waals surface area contributed by atoms with E-state index < -0.39 is 35.6 Å². The van der Waals surface area contributed by atoms with Gasteiger partial charge in [-0.1, -0.05) is 32.9 Å². The van der Waals surface area contributed by atoms with Crippen LogP contribution in [0.2, 0.25) is 0 Å². The molecule has 160 valence electrons. The smallest absolute Gasteiger partial charge is 0.230 e. The first kappa shape index (κ1) is 19.5. The molecule has 7 nitrogen and oxygen atoms in total. The van der Waals surface area contributed by atoms with Crippen molar-refractivity contribution < 1.29 is 23.5 Å². The topological polar surface area (TPSA) is 88.9 Å². The highest BCUT2D eigenvalue weighted by atomic mass is 16.5. The Kier molecular flexibility index (Phi) is 4.43. The van der Waals surface area contributed by atoms with Crippen LogP contribution in [0.15, 0.2) is 35.0 Å². The number of fused-ring (bicyclic) bond motifs is 2. The molecule has 1 spiro atoms. The molecular formula is C23H28N2O5. The third kappa shape index (κ3) is 2.57. The van der Waals surface area contributed by atoms with Gasteiger partial charge in [-0.15, -0.1) is 0 Å². The van der Waals surface area contributed by atoms with Crippen LogP contribution in [0.25, 0.3) is 0 Å². The van der Waals surface area contributed by atoms with E-state index in [0.29, 0.717) is 18.2 Å². The molecule has 4 aliphatic heterocycles. The van der Waals surface area contributed by atoms with Crippen molar-refractivity contribution in [1.82, 2.24) is 10.2 Å². The number of rotatable bonds is 5. The van der Waals surface area contributed by atoms with Crippen molar-refractivity contribution in [1.29, 1.82) is 0 Å². The van der Waals surface area contributed by atoms with E-state index in [1.165, 1.54) is 0 Å². The first-order valence-corrected chi connectivity index (χ1v) is 10.9. The van der Waals surface area contributed by atoms with E-state index in [0.717, 1.165) is 6.42 Å². The van der Waals surface area contributed by atoms with Crippen LogP contribution in [0, 0.1) is 23.7 Å². The molecule has 4 aliphatic rings. The van der Waals surface area contributed by atoms with Crippen LogP contribution in [0.3, 0.4) is 0 Å². The molecule has 1 aromatic rings. The van der Waals surface area contributed by atoms with Gasteiger partial charge in [-0.05, 0) is 24.5 Å². The van der Waals surface area contributed by atoms with Gasteiger partial charge >= 0.3 is 0 Å². The van der Waals surface area contributed by atoms with Crippen LogP contribution in [0.5, 0.6) is 0 Å². The summed E-state index contributed by atoms with van der Waals surface area (Å²) in [5.74, 6) is -0.628. The molecule has 0 radical (unpaired) electrons. The molecule has 2 bridgehead atoms. The number of ether oxygens (including phenoxy) is 1. The number of nitrogens with one attached hydrogen (secondary N) is 1. The molecule has 5 rings (SSSR count). The number of piperidine rings is 1. The highest BCUT2D eigenvalue weighted by Crippen LogP contribution is 2.59. The van der Waals surface area contributed by atoms with Crippen molar-refractivity contribution in [3.05, 3.63) is 36.3 Å². The Labute approximate surface area is 175 Å². The number of carbonyl (C=O) groups is 3. The molecule has 0 saturated carbocycles. The Balaban J connectivity index is 1.49. The molecule has 1 aromatic heterocycles. The van der Waals surface area contributed by atoms with E-state index >= 15 is 0 Å². The molecule has 7 atom stereocenters. The SMILES string of the molecule is CC(C)CCNC(=O)[C@H]1[C@H]2C(=O)N3[C@@H](c4ccco4)CC(=O)[C@H](C)[C@@H]3[C@]23C=C[C@H]1O3. The predicted octanol–water partition coefficient (Wildman–Crippen LogP) is 2.24. The summed E-state index contributed by atoms with van der Waals surface area (Å²) in [6, 6.07) is 2.68. The number of ketones is 1. The van der Waals surface area contributed by atoms with Crippen molar-refractivity contribution >= 4 is 17.6 Å². The number of carbonyl (C=O) groups excluding carboxylic acids is 3. The van der Waals surface area contributed by atoms with Gasteiger partial charge in [0.2, 0.25) is 11.8 Å². The highest BCUT2D eigenvalue weighted by molar-refractivity contribution is 5.96. The van der Waals surface area contributed by atoms with Gasteiger partial charge in [-0.2, -0.15) is 0 Å². The molecule has 30 heavy (non-hydrogen) atoms. The summed E-state index contributed by atoms with van der Waals surface area (Å²) in [5.41, 5.74) is -0.928. The second-order valence-electron chi connectivity index (χ2n) is 9.45. The van der Waals surface area contributed by atoms with Gasteiger partial charge in [0, 0.05) is 18.9 Å². The van der Waals surface area contributed by atoms with Crippen LogP contribution in [-0.2, 0) is 19.1 Å². The Hall–Kier alpha value is -2.41. The van der Waals surface area contributed by atoms with Gasteiger partial charge < -0.3 is 19.4 Å². The average molecular weight is 412 g/mol. The summed E-state index contributed by atoms with van der Waals surface area (Å²) in [5, 5.41) is 3.00. The van der Waals surface area contributed by atoms with Crippen molar-refractivity contribution in [3.63, 3.8) is 0 Å². The quantitative estimate of drug-likeness (QED) is 0.750. The van der Waals surface area contributed by atoms with Gasteiger partial charge in [-0.3, -0.25) is 14.4 Å². The van der Waals surface area contributed by atoms with Crippen LogP contribution < -0.4 is 5.32 Å². The van der Waals surface area contributed by atoms with Crippen molar-refractivity contribution in [2.24, 2.45) is 23.7 Å². The molecule has 0 aromatic carbocycles. The van der Waals surface area contributed by atoms with E-state index in [4.69, 9.17) is 9.15 Å². The lowest BCUT2D eigenvalue weighted by atomic mass is 9.70. The average Bonchev–Trinajstić information content (AvgIpc) is 3.46. The fraction of sp³-hybridized carbons (Fsp3) is 0.609. The normalized spacial score (nSPS) is 39.0. The summed E-state index contributed by atoms with van der Waals surface area (Å²) >= 11 is 0. The van der Waals surface area contributed by atoms with Gasteiger partial charge in [0.15, 0.2) is 0 Å². The lowest BCUT2D eigenvalue weighted by molar-refractivity contribution is -0.148. The van der Waals surface area contributed by atoms with E-state index in [9.17, 15) is 14.4 Å². The number of amides is 2. The molecule has 5 heterocycles. The van der Waals surface area contributed by atoms with E-state index in [-0.39, 0.29) is 29.9 Å². The molecule has 0 aliphatic carbocycles. The van der Waals surface area contributed by atoms with Gasteiger partial charge in [0.05, 0.1) is 36.3 Å². The number of hydrogen-bond donors (Lipinski definition) is 1. The minimum absolute atomic E-state index is 0.0887. The Bertz CT molecular complexity index is 907. The van der Waals surface area contributed by atoms with Crippen LogP contribution >= 0.6 is 0 Å². The van der Waals surface area contributed by atoms with Crippen molar-refractivity contribution in [2.45, 2.75) is 57.4 Å². The Morgan fingerprint density at radius 3 is 2.87 bits per heavy atom. The molecule has 1 N–H and O–H groups in total. The maximum atomic E-state index is 13.7. The van der Waals surface area contributed by atoms with E-state index in [1.807, 2.05) is 19.1 Å². The van der Waals surface area contributed by atoms with Crippen LogP contribution in [0.1, 0.15) is 45.4 Å². The molecular weight excluding hydrogens is 384 g/mol. The maximum absolute atomic E-state index is 13.7. The number of furan rings is 1. The first-order chi connectivity index (χ1) is 14.3. The zero-order valence-electron chi connectivity index (χ0n) is 17.5. The molecule has 0 unspecified atom stereocenters. The second-order valence-corrected chi connectivity index (χ2v) is 9.45. The fourth-order valence-electron chi connectivity index (χ4n) is 5.86. The van der Waals surface area contributed by atoms with Crippen LogP contribution in [-0.4, -0.2) is 46.8 Å². The third-order valence-electron chi connectivity index (χ3n) is 7.28. The fourth-order valence-corrected chi connectivity index (χ4v) is 5.86. The third-order valence-corrected chi connectivity index (χ3v) is 7.28. The zero-order chi connectivity index (χ0) is 21.2. The second kappa shape index (κ2) is 6.80. The molecule has 3 fully saturated rings. The maximum Gasteiger partial charge on any atom is 0.230 e. The monoisotopic (exact) mass is 412 g/mol. The van der Waals surface area contributed by atoms with Crippen LogP contribution in [0.4, 0.5) is 0 Å². The summed E-state index contributed by atoms with van der Waals surface area (Å²) in [4.78, 5) is 41.5. The zero-order valence-corrected chi connectivity index (χ0v) is 17.5. The standard InChI is InChI=1S/C23H28N2O5/c1-12(2)7-9-24-21(27)18-17-6-8-23(30-17)19(18)22(28)25-14(16-5-4-10-29-16)11-15(26)13(3)20(23)25/h4-6,8,10,12-14,17-20H,7,9,11H2,1-3H3,(H,24,27)/t13-,14+,17+,18+,19-,20+,23-/m0/s1. The van der Waals surface area contributed by atoms with Gasteiger partial charge in [0.25, 0.3) is 0 Å². The largest absolute Gasteiger partial charge is 0.467 e. The minimum Gasteiger partial charge on any atom is -0.467 e. The van der Waals surface area contributed by atoms with E-state index in [1.54, 1.807) is 23.3 Å². The lowest BCUT2D eigenvalue weighted by Crippen LogP contribution is -2.55. The summed E-state index contributed by atoms with van der Waals surface area (Å²) in [7, 11) is 0. The highest BCUT2D eigenvalue weighted by Gasteiger charge is 2.74. The van der Waals surface area contributed by atoms with E-state index in [2.05, 4.69) is 19.2 Å². The summed E-state index contributed by atoms with van der Waals surface area (Å²) in [6.07, 6.45) is 6.05.